The lowest BCUT2D eigenvalue weighted by atomic mass is 10.1. The molecule has 0 saturated carbocycles. The summed E-state index contributed by atoms with van der Waals surface area (Å²) in [6.07, 6.45) is 3.57. The van der Waals surface area contributed by atoms with E-state index in [2.05, 4.69) is 29.6 Å². The highest BCUT2D eigenvalue weighted by molar-refractivity contribution is 7.94. The van der Waals surface area contributed by atoms with E-state index in [1.54, 1.807) is 0 Å². The summed E-state index contributed by atoms with van der Waals surface area (Å²) in [4.78, 5) is 11.7. The number of carbonyl (C=O) groups is 1. The highest BCUT2D eigenvalue weighted by Crippen LogP contribution is 2.10. The number of benzene rings is 1. The van der Waals surface area contributed by atoms with Gasteiger partial charge in [0.15, 0.2) is 9.84 Å². The Labute approximate surface area is 119 Å². The number of rotatable bonds is 5. The normalized spacial score (nSPS) is 19.9. The average Bonchev–Trinajstić information content (AvgIpc) is 2.71. The number of nitrogens with one attached hydrogen (secondary N) is 1. The van der Waals surface area contributed by atoms with Crippen molar-refractivity contribution in [1.82, 2.24) is 5.32 Å². The molecule has 4 nitrogen and oxygen atoms in total. The van der Waals surface area contributed by atoms with E-state index in [0.29, 0.717) is 6.42 Å². The quantitative estimate of drug-likeness (QED) is 0.899. The van der Waals surface area contributed by atoms with Gasteiger partial charge in [-0.2, -0.15) is 0 Å². The Morgan fingerprint density at radius 1 is 1.30 bits per heavy atom. The second-order valence-corrected chi connectivity index (χ2v) is 7.10. The van der Waals surface area contributed by atoms with Crippen LogP contribution in [0, 0.1) is 6.92 Å². The lowest BCUT2D eigenvalue weighted by molar-refractivity contribution is -0.121. The summed E-state index contributed by atoms with van der Waals surface area (Å²) in [5, 5.41) is 3.90. The number of amides is 1. The van der Waals surface area contributed by atoms with Crippen molar-refractivity contribution in [1.29, 1.82) is 0 Å². The molecule has 0 fully saturated rings. The first kappa shape index (κ1) is 14.8. The monoisotopic (exact) mass is 293 g/mol. The summed E-state index contributed by atoms with van der Waals surface area (Å²) in [5.74, 6) is -0.111. The van der Waals surface area contributed by atoms with E-state index in [1.165, 1.54) is 22.6 Å². The molecule has 108 valence electrons. The van der Waals surface area contributed by atoms with Gasteiger partial charge in [-0.15, -0.1) is 0 Å². The molecule has 1 aliphatic heterocycles. The lowest BCUT2D eigenvalue weighted by Gasteiger charge is -2.09. The zero-order valence-electron chi connectivity index (χ0n) is 11.5. The molecular formula is C15H19NO3S. The van der Waals surface area contributed by atoms with Crippen LogP contribution in [0.3, 0.4) is 0 Å². The first-order valence-electron chi connectivity index (χ1n) is 6.70. The van der Waals surface area contributed by atoms with Crippen LogP contribution in [0.1, 0.15) is 24.0 Å². The lowest BCUT2D eigenvalue weighted by Crippen LogP contribution is -2.35. The molecule has 1 heterocycles. The van der Waals surface area contributed by atoms with Gasteiger partial charge in [0.25, 0.3) is 0 Å². The average molecular weight is 293 g/mol. The summed E-state index contributed by atoms with van der Waals surface area (Å²) < 4.78 is 22.4. The highest BCUT2D eigenvalue weighted by Gasteiger charge is 2.22. The minimum absolute atomic E-state index is 0.0172. The van der Waals surface area contributed by atoms with Crippen molar-refractivity contribution in [2.45, 2.75) is 32.2 Å². The van der Waals surface area contributed by atoms with Crippen molar-refractivity contribution >= 4 is 15.7 Å². The molecule has 1 unspecified atom stereocenters. The second kappa shape index (κ2) is 6.22. The van der Waals surface area contributed by atoms with E-state index < -0.39 is 9.84 Å². The molecular weight excluding hydrogens is 274 g/mol. The van der Waals surface area contributed by atoms with Gasteiger partial charge in [-0.1, -0.05) is 29.8 Å². The van der Waals surface area contributed by atoms with Crippen molar-refractivity contribution in [2.75, 3.05) is 5.75 Å². The number of carbonyl (C=O) groups excluding carboxylic acids is 1. The smallest absolute Gasteiger partial charge is 0.220 e. The summed E-state index contributed by atoms with van der Waals surface area (Å²) >= 11 is 0. The van der Waals surface area contributed by atoms with Gasteiger partial charge >= 0.3 is 0 Å². The summed E-state index contributed by atoms with van der Waals surface area (Å²) in [5.41, 5.74) is 2.44. The number of aryl methyl sites for hydroxylation is 2. The first-order valence-corrected chi connectivity index (χ1v) is 8.42. The molecule has 0 bridgehead atoms. The topological polar surface area (TPSA) is 63.2 Å². The maximum Gasteiger partial charge on any atom is 0.220 e. The molecule has 0 aliphatic carbocycles. The van der Waals surface area contributed by atoms with E-state index in [9.17, 15) is 13.2 Å². The minimum atomic E-state index is -3.10. The Kier molecular flexibility index (Phi) is 4.60. The zero-order valence-corrected chi connectivity index (χ0v) is 12.3. The van der Waals surface area contributed by atoms with Crippen LogP contribution in [0.2, 0.25) is 0 Å². The number of hydrogen-bond donors (Lipinski definition) is 1. The standard InChI is InChI=1S/C15H19NO3S/c1-12-5-7-13(8-6-12)3-2-4-15(17)16-14-9-10-20(18,19)11-14/h5-10,14H,2-4,11H2,1H3,(H,16,17). The van der Waals surface area contributed by atoms with Crippen molar-refractivity contribution in [3.63, 3.8) is 0 Å². The van der Waals surface area contributed by atoms with Crippen LogP contribution in [0.25, 0.3) is 0 Å². The van der Waals surface area contributed by atoms with Crippen molar-refractivity contribution in [3.05, 3.63) is 46.9 Å². The third-order valence-electron chi connectivity index (χ3n) is 3.27. The minimum Gasteiger partial charge on any atom is -0.349 e. The molecule has 0 radical (unpaired) electrons. The molecule has 1 amide bonds. The first-order chi connectivity index (χ1) is 9.44. The molecule has 0 aromatic heterocycles. The van der Waals surface area contributed by atoms with Gasteiger partial charge in [-0.3, -0.25) is 4.79 Å². The molecule has 2 rings (SSSR count). The predicted molar refractivity (Wildman–Crippen MR) is 79.0 cm³/mol. The van der Waals surface area contributed by atoms with E-state index >= 15 is 0 Å². The fourth-order valence-electron chi connectivity index (χ4n) is 2.15. The van der Waals surface area contributed by atoms with Crippen LogP contribution in [0.4, 0.5) is 0 Å². The van der Waals surface area contributed by atoms with Gasteiger partial charge < -0.3 is 5.32 Å². The molecule has 1 aliphatic rings. The Hall–Kier alpha value is -1.62. The molecule has 0 saturated heterocycles. The van der Waals surface area contributed by atoms with E-state index in [1.807, 2.05) is 6.92 Å². The van der Waals surface area contributed by atoms with E-state index in [-0.39, 0.29) is 17.7 Å². The Balaban J connectivity index is 1.71. The van der Waals surface area contributed by atoms with Crippen LogP contribution in [0.15, 0.2) is 35.7 Å². The third-order valence-corrected chi connectivity index (χ3v) is 4.66. The fourth-order valence-corrected chi connectivity index (χ4v) is 3.39. The van der Waals surface area contributed by atoms with Crippen LogP contribution in [-0.4, -0.2) is 26.1 Å². The Bertz CT molecular complexity index is 603. The van der Waals surface area contributed by atoms with Gasteiger partial charge in [-0.25, -0.2) is 8.42 Å². The second-order valence-electron chi connectivity index (χ2n) is 5.17. The van der Waals surface area contributed by atoms with Crippen LogP contribution in [-0.2, 0) is 21.1 Å². The summed E-state index contributed by atoms with van der Waals surface area (Å²) in [6.45, 7) is 2.04. The van der Waals surface area contributed by atoms with Crippen LogP contribution >= 0.6 is 0 Å². The van der Waals surface area contributed by atoms with E-state index in [0.717, 1.165) is 12.8 Å². The van der Waals surface area contributed by atoms with Crippen molar-refractivity contribution in [3.8, 4) is 0 Å². The Morgan fingerprint density at radius 3 is 2.60 bits per heavy atom. The largest absolute Gasteiger partial charge is 0.349 e. The van der Waals surface area contributed by atoms with Crippen LogP contribution < -0.4 is 5.32 Å². The maximum absolute atomic E-state index is 11.7. The highest BCUT2D eigenvalue weighted by atomic mass is 32.2. The zero-order chi connectivity index (χ0) is 14.6. The van der Waals surface area contributed by atoms with E-state index in [4.69, 9.17) is 0 Å². The molecule has 1 N–H and O–H groups in total. The molecule has 20 heavy (non-hydrogen) atoms. The van der Waals surface area contributed by atoms with Crippen molar-refractivity contribution < 1.29 is 13.2 Å². The molecule has 1 aromatic rings. The number of hydrogen-bond acceptors (Lipinski definition) is 3. The molecule has 0 spiro atoms. The van der Waals surface area contributed by atoms with Crippen LogP contribution in [0.5, 0.6) is 0 Å². The third kappa shape index (κ3) is 4.49. The van der Waals surface area contributed by atoms with Crippen molar-refractivity contribution in [2.24, 2.45) is 0 Å². The predicted octanol–water partition coefficient (Wildman–Crippen LogP) is 1.74. The summed E-state index contributed by atoms with van der Waals surface area (Å²) in [6, 6.07) is 7.89. The van der Waals surface area contributed by atoms with Gasteiger partial charge in [-0.05, 0) is 31.4 Å². The Morgan fingerprint density at radius 2 is 2.00 bits per heavy atom. The number of sulfone groups is 1. The summed E-state index contributed by atoms with van der Waals surface area (Å²) in [7, 11) is -3.10. The molecule has 5 heteroatoms. The fraction of sp³-hybridized carbons (Fsp3) is 0.400. The maximum atomic E-state index is 11.7. The van der Waals surface area contributed by atoms with Gasteiger partial charge in [0, 0.05) is 11.8 Å². The molecule has 1 aromatic carbocycles. The SMILES string of the molecule is Cc1ccc(CCCC(=O)NC2C=CS(=O)(=O)C2)cc1. The molecule has 1 atom stereocenters. The van der Waals surface area contributed by atoms with Gasteiger partial charge in [0.2, 0.25) is 5.91 Å². The van der Waals surface area contributed by atoms with Gasteiger partial charge in [0.1, 0.15) is 0 Å². The van der Waals surface area contributed by atoms with Gasteiger partial charge in [0.05, 0.1) is 11.8 Å².